The van der Waals surface area contributed by atoms with Gasteiger partial charge in [0.15, 0.2) is 0 Å². The van der Waals surface area contributed by atoms with Crippen LogP contribution >= 0.6 is 11.3 Å². The molecule has 14 heavy (non-hydrogen) atoms. The van der Waals surface area contributed by atoms with Gasteiger partial charge < -0.3 is 4.98 Å². The van der Waals surface area contributed by atoms with Gasteiger partial charge in [0.05, 0.1) is 6.33 Å². The molecule has 2 aromatic heterocycles. The number of aryl methyl sites for hydroxylation is 1. The number of nitrogens with zero attached hydrogens (tertiary/aromatic N) is 1. The third-order valence-electron chi connectivity index (χ3n) is 3.06. The molecule has 0 aliphatic heterocycles. The number of imidazole rings is 1. The lowest BCUT2D eigenvalue weighted by molar-refractivity contribution is 0.826. The quantitative estimate of drug-likeness (QED) is 0.800. The second kappa shape index (κ2) is 2.70. The van der Waals surface area contributed by atoms with Crippen molar-refractivity contribution in [2.45, 2.75) is 25.2 Å². The maximum atomic E-state index is 4.12. The topological polar surface area (TPSA) is 28.7 Å². The van der Waals surface area contributed by atoms with Gasteiger partial charge in [-0.3, -0.25) is 0 Å². The molecule has 0 saturated heterocycles. The average molecular weight is 204 g/mol. The summed E-state index contributed by atoms with van der Waals surface area (Å²) in [6, 6.07) is 2.20. The molecular weight excluding hydrogens is 192 g/mol. The van der Waals surface area contributed by atoms with E-state index >= 15 is 0 Å². The molecule has 0 bridgehead atoms. The highest BCUT2D eigenvalue weighted by Crippen LogP contribution is 2.55. The predicted molar refractivity (Wildman–Crippen MR) is 57.7 cm³/mol. The standard InChI is InChI=1S/C11H12N2S/c1-8-2-5-14-10(8)11(3-4-11)9-6-12-7-13-9/h2,5-7H,3-4H2,1H3,(H,12,13). The summed E-state index contributed by atoms with van der Waals surface area (Å²) in [5, 5.41) is 2.18. The number of aromatic nitrogens is 2. The summed E-state index contributed by atoms with van der Waals surface area (Å²) < 4.78 is 0. The molecule has 1 fully saturated rings. The minimum atomic E-state index is 0.286. The summed E-state index contributed by atoms with van der Waals surface area (Å²) >= 11 is 1.87. The lowest BCUT2D eigenvalue weighted by Crippen LogP contribution is -2.08. The molecule has 3 heteroatoms. The molecule has 1 saturated carbocycles. The van der Waals surface area contributed by atoms with Crippen molar-refractivity contribution in [3.05, 3.63) is 40.1 Å². The SMILES string of the molecule is Cc1ccsc1C1(c2cnc[nH]2)CC1. The van der Waals surface area contributed by atoms with Crippen LogP contribution < -0.4 is 0 Å². The molecule has 0 amide bonds. The molecule has 0 spiro atoms. The molecule has 0 unspecified atom stereocenters. The first-order valence-corrected chi connectivity index (χ1v) is 5.74. The van der Waals surface area contributed by atoms with Crippen LogP contribution in [0.15, 0.2) is 24.0 Å². The van der Waals surface area contributed by atoms with Gasteiger partial charge >= 0.3 is 0 Å². The van der Waals surface area contributed by atoms with Crippen molar-refractivity contribution in [1.29, 1.82) is 0 Å². The summed E-state index contributed by atoms with van der Waals surface area (Å²) in [5.41, 5.74) is 2.99. The first-order valence-electron chi connectivity index (χ1n) is 4.86. The number of H-pyrrole nitrogens is 1. The van der Waals surface area contributed by atoms with Gasteiger partial charge in [-0.15, -0.1) is 11.3 Å². The van der Waals surface area contributed by atoms with E-state index in [0.29, 0.717) is 0 Å². The second-order valence-electron chi connectivity index (χ2n) is 3.98. The highest BCUT2D eigenvalue weighted by Gasteiger charge is 2.48. The zero-order valence-corrected chi connectivity index (χ0v) is 8.90. The zero-order chi connectivity index (χ0) is 9.60. The van der Waals surface area contributed by atoms with Crippen LogP contribution in [0.5, 0.6) is 0 Å². The van der Waals surface area contributed by atoms with E-state index in [0.717, 1.165) is 0 Å². The van der Waals surface area contributed by atoms with Crippen molar-refractivity contribution in [3.63, 3.8) is 0 Å². The molecule has 72 valence electrons. The summed E-state index contributed by atoms with van der Waals surface area (Å²) in [6.07, 6.45) is 6.26. The zero-order valence-electron chi connectivity index (χ0n) is 8.08. The van der Waals surface area contributed by atoms with E-state index in [4.69, 9.17) is 0 Å². The van der Waals surface area contributed by atoms with Gasteiger partial charge in [-0.2, -0.15) is 0 Å². The third kappa shape index (κ3) is 0.989. The normalized spacial score (nSPS) is 18.4. The minimum absolute atomic E-state index is 0.286. The third-order valence-corrected chi connectivity index (χ3v) is 4.28. The molecule has 2 heterocycles. The molecule has 3 rings (SSSR count). The van der Waals surface area contributed by atoms with Gasteiger partial charge in [0, 0.05) is 22.2 Å². The molecule has 0 aromatic carbocycles. The monoisotopic (exact) mass is 204 g/mol. The summed E-state index contributed by atoms with van der Waals surface area (Å²) in [4.78, 5) is 8.88. The Morgan fingerprint density at radius 3 is 2.86 bits per heavy atom. The number of hydrogen-bond donors (Lipinski definition) is 1. The molecule has 2 nitrogen and oxygen atoms in total. The summed E-state index contributed by atoms with van der Waals surface area (Å²) in [5.74, 6) is 0. The van der Waals surface area contributed by atoms with Gasteiger partial charge in [-0.1, -0.05) is 0 Å². The molecule has 1 N–H and O–H groups in total. The van der Waals surface area contributed by atoms with Gasteiger partial charge in [0.1, 0.15) is 0 Å². The Labute approximate surface area is 87.0 Å². The van der Waals surface area contributed by atoms with Crippen LogP contribution in [0.3, 0.4) is 0 Å². The summed E-state index contributed by atoms with van der Waals surface area (Å²) in [7, 11) is 0. The Hall–Kier alpha value is -1.09. The van der Waals surface area contributed by atoms with Crippen LogP contribution in [-0.4, -0.2) is 9.97 Å². The number of rotatable bonds is 2. The molecule has 0 atom stereocenters. The lowest BCUT2D eigenvalue weighted by atomic mass is 9.98. The fourth-order valence-electron chi connectivity index (χ4n) is 2.12. The minimum Gasteiger partial charge on any atom is -0.348 e. The van der Waals surface area contributed by atoms with E-state index in [-0.39, 0.29) is 5.41 Å². The van der Waals surface area contributed by atoms with E-state index in [9.17, 15) is 0 Å². The van der Waals surface area contributed by atoms with Crippen molar-refractivity contribution in [2.75, 3.05) is 0 Å². The number of nitrogens with one attached hydrogen (secondary N) is 1. The Morgan fingerprint density at radius 1 is 1.50 bits per heavy atom. The van der Waals surface area contributed by atoms with Crippen molar-refractivity contribution in [2.24, 2.45) is 0 Å². The highest BCUT2D eigenvalue weighted by atomic mass is 32.1. The smallest absolute Gasteiger partial charge is 0.0922 e. The van der Waals surface area contributed by atoms with Crippen molar-refractivity contribution in [1.82, 2.24) is 9.97 Å². The van der Waals surface area contributed by atoms with Crippen LogP contribution in [0, 0.1) is 6.92 Å². The Balaban J connectivity index is 2.11. The number of aromatic amines is 1. The maximum absolute atomic E-state index is 4.12. The van der Waals surface area contributed by atoms with Crippen molar-refractivity contribution >= 4 is 11.3 Å². The predicted octanol–water partition coefficient (Wildman–Crippen LogP) is 2.86. The van der Waals surface area contributed by atoms with E-state index < -0.39 is 0 Å². The maximum Gasteiger partial charge on any atom is 0.0922 e. The van der Waals surface area contributed by atoms with Gasteiger partial charge in [0.25, 0.3) is 0 Å². The first-order chi connectivity index (χ1) is 6.83. The lowest BCUT2D eigenvalue weighted by Gasteiger charge is -2.12. The van der Waals surface area contributed by atoms with E-state index in [2.05, 4.69) is 28.3 Å². The Kier molecular flexibility index (Phi) is 1.59. The first kappa shape index (κ1) is 8.24. The summed E-state index contributed by atoms with van der Waals surface area (Å²) in [6.45, 7) is 2.20. The fraction of sp³-hybridized carbons (Fsp3) is 0.364. The second-order valence-corrected chi connectivity index (χ2v) is 4.90. The van der Waals surface area contributed by atoms with E-state index in [1.54, 1.807) is 6.33 Å². The van der Waals surface area contributed by atoms with Crippen LogP contribution in [0.4, 0.5) is 0 Å². The molecule has 1 aliphatic rings. The van der Waals surface area contributed by atoms with Crippen molar-refractivity contribution < 1.29 is 0 Å². The Morgan fingerprint density at radius 2 is 2.36 bits per heavy atom. The van der Waals surface area contributed by atoms with Gasteiger partial charge in [-0.25, -0.2) is 4.98 Å². The molecule has 2 aromatic rings. The van der Waals surface area contributed by atoms with Gasteiger partial charge in [0.2, 0.25) is 0 Å². The van der Waals surface area contributed by atoms with E-state index in [1.165, 1.54) is 29.0 Å². The molecule has 0 radical (unpaired) electrons. The fourth-order valence-corrected chi connectivity index (χ4v) is 3.33. The Bertz CT molecular complexity index is 438. The molecule has 1 aliphatic carbocycles. The van der Waals surface area contributed by atoms with Crippen LogP contribution in [-0.2, 0) is 5.41 Å². The largest absolute Gasteiger partial charge is 0.348 e. The van der Waals surface area contributed by atoms with Crippen LogP contribution in [0.1, 0.15) is 29.0 Å². The number of hydrogen-bond acceptors (Lipinski definition) is 2. The van der Waals surface area contributed by atoms with Crippen molar-refractivity contribution in [3.8, 4) is 0 Å². The van der Waals surface area contributed by atoms with Gasteiger partial charge in [-0.05, 0) is 36.8 Å². The van der Waals surface area contributed by atoms with E-state index in [1.807, 2.05) is 17.5 Å². The average Bonchev–Trinajstić information content (AvgIpc) is 2.69. The van der Waals surface area contributed by atoms with Crippen LogP contribution in [0.2, 0.25) is 0 Å². The van der Waals surface area contributed by atoms with Crippen LogP contribution in [0.25, 0.3) is 0 Å². The molecular formula is C11H12N2S. The highest BCUT2D eigenvalue weighted by molar-refractivity contribution is 7.10. The number of thiophene rings is 1.